The van der Waals surface area contributed by atoms with Gasteiger partial charge in [0, 0.05) is 24.8 Å². The van der Waals surface area contributed by atoms with Gasteiger partial charge in [0.25, 0.3) is 5.56 Å². The first-order valence-electron chi connectivity index (χ1n) is 6.70. The second kappa shape index (κ2) is 6.34. The molecule has 0 saturated heterocycles. The lowest BCUT2D eigenvalue weighted by Gasteiger charge is -2.14. The Bertz CT molecular complexity index is 572. The van der Waals surface area contributed by atoms with Crippen molar-refractivity contribution in [2.45, 2.75) is 32.4 Å². The first-order chi connectivity index (χ1) is 9.20. The molecule has 0 aliphatic rings. The summed E-state index contributed by atoms with van der Waals surface area (Å²) in [4.78, 5) is 11.6. The summed E-state index contributed by atoms with van der Waals surface area (Å²) in [5, 5.41) is 0. The number of pyridine rings is 1. The molecule has 1 atom stereocenters. The molecule has 3 nitrogen and oxygen atoms in total. The summed E-state index contributed by atoms with van der Waals surface area (Å²) in [6.07, 6.45) is 4.01. The fraction of sp³-hybridized carbons (Fsp3) is 0.312. The maximum Gasteiger partial charge on any atom is 0.250 e. The van der Waals surface area contributed by atoms with Crippen molar-refractivity contribution in [3.8, 4) is 0 Å². The molecule has 1 aromatic heterocycles. The molecular formula is C16H20N2O. The Morgan fingerprint density at radius 3 is 2.53 bits per heavy atom. The van der Waals surface area contributed by atoms with Crippen LogP contribution in [0.25, 0.3) is 0 Å². The summed E-state index contributed by atoms with van der Waals surface area (Å²) in [6, 6.07) is 13.3. The van der Waals surface area contributed by atoms with Crippen LogP contribution in [0.5, 0.6) is 0 Å². The molecule has 0 amide bonds. The van der Waals surface area contributed by atoms with Gasteiger partial charge in [0.05, 0.1) is 0 Å². The number of hydrogen-bond donors (Lipinski definition) is 1. The molecule has 2 rings (SSSR count). The molecular weight excluding hydrogens is 236 g/mol. The van der Waals surface area contributed by atoms with Crippen LogP contribution < -0.4 is 11.3 Å². The molecule has 0 fully saturated rings. The van der Waals surface area contributed by atoms with E-state index in [1.807, 2.05) is 6.07 Å². The molecule has 1 heterocycles. The number of nitrogens with two attached hydrogens (primary N) is 1. The topological polar surface area (TPSA) is 48.0 Å². The van der Waals surface area contributed by atoms with Crippen LogP contribution in [0, 0.1) is 0 Å². The van der Waals surface area contributed by atoms with Gasteiger partial charge in [-0.3, -0.25) is 4.79 Å². The molecule has 19 heavy (non-hydrogen) atoms. The highest BCUT2D eigenvalue weighted by molar-refractivity contribution is 5.25. The third-order valence-corrected chi connectivity index (χ3v) is 3.24. The molecule has 0 saturated carbocycles. The molecule has 100 valence electrons. The number of nitrogens with zero attached hydrogens (tertiary/aromatic N) is 1. The van der Waals surface area contributed by atoms with E-state index in [1.165, 1.54) is 5.56 Å². The average molecular weight is 256 g/mol. The van der Waals surface area contributed by atoms with Crippen LogP contribution in [-0.4, -0.2) is 4.57 Å². The van der Waals surface area contributed by atoms with E-state index < -0.39 is 0 Å². The SMILES string of the molecule is CCCc1ccc(C(N)Cn2ccccc2=O)cc1. The normalized spacial score (nSPS) is 12.3. The maximum absolute atomic E-state index is 11.6. The fourth-order valence-electron chi connectivity index (χ4n) is 2.15. The van der Waals surface area contributed by atoms with Gasteiger partial charge < -0.3 is 10.3 Å². The Morgan fingerprint density at radius 2 is 1.89 bits per heavy atom. The van der Waals surface area contributed by atoms with Crippen LogP contribution in [0.15, 0.2) is 53.5 Å². The second-order valence-corrected chi connectivity index (χ2v) is 4.79. The van der Waals surface area contributed by atoms with E-state index in [1.54, 1.807) is 22.9 Å². The van der Waals surface area contributed by atoms with Crippen LogP contribution in [0.4, 0.5) is 0 Å². The van der Waals surface area contributed by atoms with E-state index in [2.05, 4.69) is 31.2 Å². The van der Waals surface area contributed by atoms with Crippen molar-refractivity contribution in [1.29, 1.82) is 0 Å². The van der Waals surface area contributed by atoms with Crippen LogP contribution in [-0.2, 0) is 13.0 Å². The molecule has 0 radical (unpaired) electrons. The standard InChI is InChI=1S/C16H20N2O/c1-2-5-13-7-9-14(10-8-13)15(17)12-18-11-4-3-6-16(18)19/h3-4,6-11,15H,2,5,12,17H2,1H3. The molecule has 2 aromatic rings. The summed E-state index contributed by atoms with van der Waals surface area (Å²) in [5.74, 6) is 0. The van der Waals surface area contributed by atoms with Crippen LogP contribution in [0.1, 0.15) is 30.5 Å². The van der Waals surface area contributed by atoms with Gasteiger partial charge in [0.15, 0.2) is 0 Å². The number of benzene rings is 1. The van der Waals surface area contributed by atoms with Gasteiger partial charge in [0.2, 0.25) is 0 Å². The summed E-state index contributed by atoms with van der Waals surface area (Å²) in [6.45, 7) is 2.67. The Morgan fingerprint density at radius 1 is 1.16 bits per heavy atom. The first kappa shape index (κ1) is 13.6. The summed E-state index contributed by atoms with van der Waals surface area (Å²) in [7, 11) is 0. The van der Waals surface area contributed by atoms with Crippen LogP contribution in [0.2, 0.25) is 0 Å². The van der Waals surface area contributed by atoms with E-state index in [4.69, 9.17) is 5.73 Å². The average Bonchev–Trinajstić information content (AvgIpc) is 2.42. The Hall–Kier alpha value is -1.87. The second-order valence-electron chi connectivity index (χ2n) is 4.79. The molecule has 1 unspecified atom stereocenters. The van der Waals surface area contributed by atoms with Gasteiger partial charge in [-0.25, -0.2) is 0 Å². The number of aromatic nitrogens is 1. The highest BCUT2D eigenvalue weighted by Gasteiger charge is 2.07. The van der Waals surface area contributed by atoms with Gasteiger partial charge >= 0.3 is 0 Å². The van der Waals surface area contributed by atoms with E-state index in [9.17, 15) is 4.79 Å². The monoisotopic (exact) mass is 256 g/mol. The van der Waals surface area contributed by atoms with Crippen molar-refractivity contribution in [2.24, 2.45) is 5.73 Å². The highest BCUT2D eigenvalue weighted by atomic mass is 16.1. The predicted octanol–water partition coefficient (Wildman–Crippen LogP) is 2.50. The quantitative estimate of drug-likeness (QED) is 0.893. The van der Waals surface area contributed by atoms with E-state index >= 15 is 0 Å². The van der Waals surface area contributed by atoms with Gasteiger partial charge in [-0.15, -0.1) is 0 Å². The molecule has 0 aliphatic heterocycles. The maximum atomic E-state index is 11.6. The predicted molar refractivity (Wildman–Crippen MR) is 78.1 cm³/mol. The third-order valence-electron chi connectivity index (χ3n) is 3.24. The molecule has 3 heteroatoms. The molecule has 2 N–H and O–H groups in total. The minimum Gasteiger partial charge on any atom is -0.322 e. The molecule has 0 aliphatic carbocycles. The Labute approximate surface area is 113 Å². The summed E-state index contributed by atoms with van der Waals surface area (Å²) in [5.41, 5.74) is 8.54. The lowest BCUT2D eigenvalue weighted by atomic mass is 10.0. The Kier molecular flexibility index (Phi) is 4.53. The largest absolute Gasteiger partial charge is 0.322 e. The van der Waals surface area contributed by atoms with Gasteiger partial charge in [-0.2, -0.15) is 0 Å². The van der Waals surface area contributed by atoms with Crippen molar-refractivity contribution in [3.05, 3.63) is 70.1 Å². The van der Waals surface area contributed by atoms with Gasteiger partial charge in [-0.1, -0.05) is 43.7 Å². The lowest BCUT2D eigenvalue weighted by molar-refractivity contribution is 0.561. The smallest absolute Gasteiger partial charge is 0.250 e. The summed E-state index contributed by atoms with van der Waals surface area (Å²) < 4.78 is 1.64. The van der Waals surface area contributed by atoms with Crippen molar-refractivity contribution in [3.63, 3.8) is 0 Å². The van der Waals surface area contributed by atoms with Crippen molar-refractivity contribution in [1.82, 2.24) is 4.57 Å². The van der Waals surface area contributed by atoms with Gasteiger partial charge in [0.1, 0.15) is 0 Å². The van der Waals surface area contributed by atoms with E-state index in [-0.39, 0.29) is 11.6 Å². The summed E-state index contributed by atoms with van der Waals surface area (Å²) >= 11 is 0. The van der Waals surface area contributed by atoms with Crippen molar-refractivity contribution >= 4 is 0 Å². The minimum atomic E-state index is -0.157. The zero-order chi connectivity index (χ0) is 13.7. The fourth-order valence-corrected chi connectivity index (χ4v) is 2.15. The zero-order valence-corrected chi connectivity index (χ0v) is 11.3. The lowest BCUT2D eigenvalue weighted by Crippen LogP contribution is -2.25. The zero-order valence-electron chi connectivity index (χ0n) is 11.3. The third kappa shape index (κ3) is 3.55. The molecule has 1 aromatic carbocycles. The van der Waals surface area contributed by atoms with Crippen LogP contribution in [0.3, 0.4) is 0 Å². The highest BCUT2D eigenvalue weighted by Crippen LogP contribution is 2.14. The minimum absolute atomic E-state index is 0.0134. The van der Waals surface area contributed by atoms with E-state index in [0.717, 1.165) is 18.4 Å². The number of hydrogen-bond acceptors (Lipinski definition) is 2. The Balaban J connectivity index is 2.09. The molecule has 0 bridgehead atoms. The van der Waals surface area contributed by atoms with Crippen molar-refractivity contribution in [2.75, 3.05) is 0 Å². The van der Waals surface area contributed by atoms with Crippen molar-refractivity contribution < 1.29 is 0 Å². The molecule has 0 spiro atoms. The van der Waals surface area contributed by atoms with E-state index in [0.29, 0.717) is 6.54 Å². The van der Waals surface area contributed by atoms with Gasteiger partial charge in [-0.05, 0) is 23.6 Å². The first-order valence-corrected chi connectivity index (χ1v) is 6.70. The van der Waals surface area contributed by atoms with Crippen LogP contribution >= 0.6 is 0 Å². The number of aryl methyl sites for hydroxylation is 1. The number of rotatable bonds is 5.